The molecular formula is C22H24F3N5O. The summed E-state index contributed by atoms with van der Waals surface area (Å²) in [7, 11) is 0. The van der Waals surface area contributed by atoms with Crippen molar-refractivity contribution in [2.75, 3.05) is 24.5 Å². The van der Waals surface area contributed by atoms with Gasteiger partial charge in [-0.1, -0.05) is 0 Å². The first-order valence-electron chi connectivity index (χ1n) is 10.6. The molecule has 0 unspecified atom stereocenters. The fourth-order valence-corrected chi connectivity index (χ4v) is 4.86. The molecule has 0 saturated carbocycles. The summed E-state index contributed by atoms with van der Waals surface area (Å²) in [6.07, 6.45) is -1.90. The van der Waals surface area contributed by atoms with Gasteiger partial charge in [-0.15, -0.1) is 0 Å². The van der Waals surface area contributed by atoms with E-state index >= 15 is 0 Å². The first kappa shape index (κ1) is 20.2. The third-order valence-electron chi connectivity index (χ3n) is 6.53. The molecule has 6 nitrogen and oxygen atoms in total. The number of pyridine rings is 2. The molecule has 9 heteroatoms. The largest absolute Gasteiger partial charge is 0.433 e. The lowest BCUT2D eigenvalue weighted by Crippen LogP contribution is -2.48. The number of nitrogens with zero attached hydrogens (tertiary/aromatic N) is 4. The predicted molar refractivity (Wildman–Crippen MR) is 108 cm³/mol. The minimum Gasteiger partial charge on any atom is -0.371 e. The zero-order valence-electron chi connectivity index (χ0n) is 17.3. The Labute approximate surface area is 178 Å². The molecule has 5 heterocycles. The monoisotopic (exact) mass is 431 g/mol. The third-order valence-corrected chi connectivity index (χ3v) is 6.53. The summed E-state index contributed by atoms with van der Waals surface area (Å²) in [6, 6.07) is 2.65. The van der Waals surface area contributed by atoms with Crippen LogP contribution in [0.25, 0.3) is 0 Å². The van der Waals surface area contributed by atoms with Crippen LogP contribution < -0.4 is 10.2 Å². The van der Waals surface area contributed by atoms with Crippen molar-refractivity contribution in [3.05, 3.63) is 52.1 Å². The number of amides is 1. The average molecular weight is 431 g/mol. The lowest BCUT2D eigenvalue weighted by molar-refractivity contribution is -0.141. The van der Waals surface area contributed by atoms with Gasteiger partial charge >= 0.3 is 6.18 Å². The van der Waals surface area contributed by atoms with Crippen LogP contribution in [0.5, 0.6) is 0 Å². The molecule has 0 aliphatic carbocycles. The summed E-state index contributed by atoms with van der Waals surface area (Å²) in [6.45, 7) is 6.11. The second kappa shape index (κ2) is 7.47. The molecule has 5 rings (SSSR count). The van der Waals surface area contributed by atoms with E-state index in [1.165, 1.54) is 22.9 Å². The third kappa shape index (κ3) is 3.75. The topological polar surface area (TPSA) is 61.4 Å². The number of hydrogen-bond acceptors (Lipinski definition) is 5. The van der Waals surface area contributed by atoms with Gasteiger partial charge in [0.05, 0.1) is 12.2 Å². The van der Waals surface area contributed by atoms with Gasteiger partial charge in [0.25, 0.3) is 0 Å². The molecule has 0 atom stereocenters. The Bertz CT molecular complexity index is 1030. The molecule has 2 aromatic rings. The zero-order valence-corrected chi connectivity index (χ0v) is 17.3. The van der Waals surface area contributed by atoms with E-state index in [2.05, 4.69) is 10.3 Å². The van der Waals surface area contributed by atoms with Crippen molar-refractivity contribution < 1.29 is 18.0 Å². The summed E-state index contributed by atoms with van der Waals surface area (Å²) in [5, 5.41) is 3.41. The van der Waals surface area contributed by atoms with E-state index in [9.17, 15) is 18.0 Å². The predicted octanol–water partition coefficient (Wildman–Crippen LogP) is 2.82. The fraction of sp³-hybridized carbons (Fsp3) is 0.500. The Kier molecular flexibility index (Phi) is 4.88. The first-order valence-corrected chi connectivity index (χ1v) is 10.6. The van der Waals surface area contributed by atoms with Crippen LogP contribution in [0.1, 0.15) is 40.2 Å². The number of rotatable bonds is 3. The number of alkyl halides is 3. The second-order valence-corrected chi connectivity index (χ2v) is 8.63. The number of aromatic nitrogens is 2. The van der Waals surface area contributed by atoms with Crippen LogP contribution in [0, 0.1) is 12.8 Å². The maximum Gasteiger partial charge on any atom is 0.433 e. The fourth-order valence-electron chi connectivity index (χ4n) is 4.86. The number of carbonyl (C=O) groups excluding carboxylic acids is 1. The summed E-state index contributed by atoms with van der Waals surface area (Å²) >= 11 is 0. The highest BCUT2D eigenvalue weighted by atomic mass is 19.4. The molecule has 3 aliphatic heterocycles. The smallest absolute Gasteiger partial charge is 0.371 e. The Morgan fingerprint density at radius 1 is 1.23 bits per heavy atom. The molecule has 164 valence electrons. The SMILES string of the molecule is Cc1nc2c(c3c1CCNC3)CN(C(=O)CC1CN(c3ccnc(C(F)(F)F)c3)C1)C2. The molecule has 2 aromatic heterocycles. The zero-order chi connectivity index (χ0) is 21.8. The minimum atomic E-state index is -4.46. The van der Waals surface area contributed by atoms with Crippen molar-refractivity contribution in [3.63, 3.8) is 0 Å². The molecule has 1 amide bonds. The molecule has 3 aliphatic rings. The van der Waals surface area contributed by atoms with Gasteiger partial charge in [-0.05, 0) is 48.7 Å². The Hall–Kier alpha value is -2.68. The highest BCUT2D eigenvalue weighted by molar-refractivity contribution is 5.78. The molecule has 0 aromatic carbocycles. The molecule has 0 bridgehead atoms. The second-order valence-electron chi connectivity index (χ2n) is 8.63. The van der Waals surface area contributed by atoms with Gasteiger partial charge in [-0.3, -0.25) is 14.8 Å². The number of halogens is 3. The Balaban J connectivity index is 1.20. The molecule has 0 spiro atoms. The number of nitrogens with one attached hydrogen (secondary N) is 1. The lowest BCUT2D eigenvalue weighted by Gasteiger charge is -2.41. The van der Waals surface area contributed by atoms with E-state index in [4.69, 9.17) is 4.98 Å². The van der Waals surface area contributed by atoms with Gasteiger partial charge in [0.15, 0.2) is 0 Å². The minimum absolute atomic E-state index is 0.0866. The van der Waals surface area contributed by atoms with Crippen LogP contribution in [-0.4, -0.2) is 40.4 Å². The summed E-state index contributed by atoms with van der Waals surface area (Å²) in [5.41, 5.74) is 5.48. The number of fused-ring (bicyclic) bond motifs is 3. The number of aryl methyl sites for hydroxylation is 1. The molecule has 1 fully saturated rings. The van der Waals surface area contributed by atoms with Gasteiger partial charge in [0, 0.05) is 56.1 Å². The van der Waals surface area contributed by atoms with Crippen molar-refractivity contribution in [2.45, 2.75) is 45.6 Å². The maximum absolute atomic E-state index is 12.9. The van der Waals surface area contributed by atoms with Crippen LogP contribution in [-0.2, 0) is 37.0 Å². The van der Waals surface area contributed by atoms with E-state index in [1.807, 2.05) is 16.7 Å². The van der Waals surface area contributed by atoms with Gasteiger partial charge in [-0.25, -0.2) is 0 Å². The first-order chi connectivity index (χ1) is 14.8. The highest BCUT2D eigenvalue weighted by Crippen LogP contribution is 2.34. The molecule has 31 heavy (non-hydrogen) atoms. The van der Waals surface area contributed by atoms with Crippen LogP contribution >= 0.6 is 0 Å². The average Bonchev–Trinajstić information content (AvgIpc) is 3.14. The van der Waals surface area contributed by atoms with Crippen molar-refractivity contribution in [3.8, 4) is 0 Å². The molecular weight excluding hydrogens is 407 g/mol. The van der Waals surface area contributed by atoms with E-state index in [1.54, 1.807) is 6.07 Å². The maximum atomic E-state index is 12.9. The lowest BCUT2D eigenvalue weighted by atomic mass is 9.94. The number of hydrogen-bond donors (Lipinski definition) is 1. The van der Waals surface area contributed by atoms with E-state index in [-0.39, 0.29) is 11.8 Å². The highest BCUT2D eigenvalue weighted by Gasteiger charge is 2.36. The van der Waals surface area contributed by atoms with Crippen molar-refractivity contribution in [1.82, 2.24) is 20.2 Å². The van der Waals surface area contributed by atoms with Gasteiger partial charge in [0.1, 0.15) is 5.69 Å². The molecule has 0 radical (unpaired) electrons. The summed E-state index contributed by atoms with van der Waals surface area (Å²) < 4.78 is 38.6. The molecule has 1 saturated heterocycles. The van der Waals surface area contributed by atoms with Gasteiger partial charge < -0.3 is 15.1 Å². The van der Waals surface area contributed by atoms with Gasteiger partial charge in [-0.2, -0.15) is 13.2 Å². The number of carbonyl (C=O) groups is 1. The number of anilines is 1. The van der Waals surface area contributed by atoms with Crippen LogP contribution in [0.4, 0.5) is 18.9 Å². The standard InChI is InChI=1S/C22H24F3N5O/c1-13-16-3-4-26-8-17(16)18-11-30(12-19(18)28-13)21(31)6-14-9-29(10-14)15-2-5-27-20(7-15)22(23,24)25/h2,5,7,14,26H,3-4,6,8-12H2,1H3. The summed E-state index contributed by atoms with van der Waals surface area (Å²) in [4.78, 5) is 24.8. The normalized spacial score (nSPS) is 18.6. The van der Waals surface area contributed by atoms with Crippen LogP contribution in [0.2, 0.25) is 0 Å². The van der Waals surface area contributed by atoms with Crippen molar-refractivity contribution in [2.24, 2.45) is 5.92 Å². The van der Waals surface area contributed by atoms with E-state index in [0.29, 0.717) is 38.3 Å². The quantitative estimate of drug-likeness (QED) is 0.810. The van der Waals surface area contributed by atoms with Crippen molar-refractivity contribution in [1.29, 1.82) is 0 Å². The van der Waals surface area contributed by atoms with E-state index < -0.39 is 11.9 Å². The Morgan fingerprint density at radius 3 is 2.81 bits per heavy atom. The van der Waals surface area contributed by atoms with Gasteiger partial charge in [0.2, 0.25) is 5.91 Å². The summed E-state index contributed by atoms with van der Waals surface area (Å²) in [5.74, 6) is 0.229. The Morgan fingerprint density at radius 2 is 2.03 bits per heavy atom. The van der Waals surface area contributed by atoms with Crippen LogP contribution in [0.3, 0.4) is 0 Å². The van der Waals surface area contributed by atoms with Crippen molar-refractivity contribution >= 4 is 11.6 Å². The van der Waals surface area contributed by atoms with Crippen LogP contribution in [0.15, 0.2) is 18.3 Å². The molecule has 1 N–H and O–H groups in total. The van der Waals surface area contributed by atoms with E-state index in [0.717, 1.165) is 37.0 Å².